The molecular weight excluding hydrogens is 590 g/mol. The van der Waals surface area contributed by atoms with Gasteiger partial charge in [-0.2, -0.15) is 0 Å². The van der Waals surface area contributed by atoms with Gasteiger partial charge in [0.2, 0.25) is 11.8 Å². The number of amides is 2. The molecule has 0 aliphatic heterocycles. The van der Waals surface area contributed by atoms with E-state index in [0.29, 0.717) is 22.7 Å². The van der Waals surface area contributed by atoms with Crippen LogP contribution in [0.1, 0.15) is 50.2 Å². The molecule has 0 bridgehead atoms. The van der Waals surface area contributed by atoms with E-state index in [-0.39, 0.29) is 23.4 Å². The third-order valence-electron chi connectivity index (χ3n) is 7.63. The van der Waals surface area contributed by atoms with Crippen LogP contribution in [0.5, 0.6) is 0 Å². The van der Waals surface area contributed by atoms with Gasteiger partial charge in [0.25, 0.3) is 10.0 Å². The van der Waals surface area contributed by atoms with E-state index in [1.165, 1.54) is 16.7 Å². The summed E-state index contributed by atoms with van der Waals surface area (Å²) in [6.07, 6.45) is 6.23. The van der Waals surface area contributed by atoms with Crippen molar-refractivity contribution in [3.8, 4) is 0 Å². The molecule has 1 atom stereocenters. The summed E-state index contributed by atoms with van der Waals surface area (Å²) in [5.74, 6) is -0.726. The van der Waals surface area contributed by atoms with E-state index in [1.807, 2.05) is 44.4 Å². The van der Waals surface area contributed by atoms with Crippen molar-refractivity contribution < 1.29 is 18.0 Å². The zero-order valence-electron chi connectivity index (χ0n) is 24.3. The number of sulfonamides is 1. The van der Waals surface area contributed by atoms with Gasteiger partial charge in [-0.15, -0.1) is 11.8 Å². The van der Waals surface area contributed by atoms with E-state index < -0.39 is 28.5 Å². The molecule has 224 valence electrons. The normalized spacial score (nSPS) is 14.4. The van der Waals surface area contributed by atoms with E-state index in [2.05, 4.69) is 5.32 Å². The van der Waals surface area contributed by atoms with Crippen molar-refractivity contribution in [3.63, 3.8) is 0 Å². The molecule has 1 fully saturated rings. The lowest BCUT2D eigenvalue weighted by Crippen LogP contribution is -2.53. The van der Waals surface area contributed by atoms with E-state index in [1.54, 1.807) is 48.5 Å². The van der Waals surface area contributed by atoms with Gasteiger partial charge in [0.15, 0.2) is 0 Å². The van der Waals surface area contributed by atoms with Crippen LogP contribution in [0.2, 0.25) is 5.02 Å². The predicted octanol–water partition coefficient (Wildman–Crippen LogP) is 6.43. The van der Waals surface area contributed by atoms with Crippen molar-refractivity contribution in [2.45, 2.75) is 74.4 Å². The number of nitrogens with one attached hydrogen (secondary N) is 1. The Labute approximate surface area is 258 Å². The Hall–Kier alpha value is -3.01. The summed E-state index contributed by atoms with van der Waals surface area (Å²) < 4.78 is 29.2. The second kappa shape index (κ2) is 14.4. The molecule has 10 heteroatoms. The van der Waals surface area contributed by atoms with Crippen molar-refractivity contribution >= 4 is 50.9 Å². The molecule has 3 aromatic carbocycles. The quantitative estimate of drug-likeness (QED) is 0.234. The van der Waals surface area contributed by atoms with Crippen molar-refractivity contribution in [2.75, 3.05) is 17.1 Å². The van der Waals surface area contributed by atoms with Gasteiger partial charge in [0.1, 0.15) is 12.6 Å². The lowest BCUT2D eigenvalue weighted by atomic mass is 10.1. The minimum atomic E-state index is -4.12. The summed E-state index contributed by atoms with van der Waals surface area (Å²) in [7, 11) is -4.12. The highest BCUT2D eigenvalue weighted by Gasteiger charge is 2.34. The lowest BCUT2D eigenvalue weighted by molar-refractivity contribution is -0.140. The number of thioether (sulfide) groups is 1. The number of halogens is 1. The van der Waals surface area contributed by atoms with Crippen LogP contribution in [0, 0.1) is 6.92 Å². The predicted molar refractivity (Wildman–Crippen MR) is 170 cm³/mol. The average Bonchev–Trinajstić information content (AvgIpc) is 3.50. The molecule has 1 N–H and O–H groups in total. The Morgan fingerprint density at radius 1 is 1.00 bits per heavy atom. The van der Waals surface area contributed by atoms with Crippen LogP contribution >= 0.6 is 23.4 Å². The zero-order chi connectivity index (χ0) is 30.3. The Morgan fingerprint density at radius 3 is 2.24 bits per heavy atom. The molecular formula is C32H38ClN3O4S2. The van der Waals surface area contributed by atoms with Crippen LogP contribution in [0.4, 0.5) is 5.69 Å². The number of carbonyl (C=O) groups is 2. The van der Waals surface area contributed by atoms with Crippen LogP contribution in [0.25, 0.3) is 0 Å². The highest BCUT2D eigenvalue weighted by molar-refractivity contribution is 7.98. The van der Waals surface area contributed by atoms with Crippen LogP contribution in [0.3, 0.4) is 0 Å². The number of rotatable bonds is 12. The Bertz CT molecular complexity index is 1470. The average molecular weight is 628 g/mol. The SMILES string of the molecule is CCC(C(=O)NC1CCCC1)N(Cc1ccccc1Cl)C(=O)CN(c1ccc(C)cc1)S(=O)(=O)c1ccc(SC)cc1. The fraction of sp³-hybridized carbons (Fsp3) is 0.375. The Kier molecular flexibility index (Phi) is 11.0. The van der Waals surface area contributed by atoms with Gasteiger partial charge in [-0.1, -0.05) is 67.3 Å². The van der Waals surface area contributed by atoms with E-state index in [4.69, 9.17) is 11.6 Å². The van der Waals surface area contributed by atoms with E-state index in [0.717, 1.165) is 40.4 Å². The smallest absolute Gasteiger partial charge is 0.264 e. The third kappa shape index (κ3) is 7.68. The molecule has 0 saturated heterocycles. The maximum atomic E-state index is 14.2. The molecule has 0 spiro atoms. The number of hydrogen-bond acceptors (Lipinski definition) is 5. The van der Waals surface area contributed by atoms with Crippen LogP contribution < -0.4 is 9.62 Å². The summed E-state index contributed by atoms with van der Waals surface area (Å²) in [6, 6.07) is 20.1. The van der Waals surface area contributed by atoms with Gasteiger partial charge in [0.05, 0.1) is 10.6 Å². The maximum absolute atomic E-state index is 14.2. The van der Waals surface area contributed by atoms with Crippen LogP contribution in [0.15, 0.2) is 82.6 Å². The molecule has 0 heterocycles. The van der Waals surface area contributed by atoms with Gasteiger partial charge in [-0.3, -0.25) is 13.9 Å². The topological polar surface area (TPSA) is 86.8 Å². The molecule has 1 aliphatic carbocycles. The van der Waals surface area contributed by atoms with E-state index in [9.17, 15) is 18.0 Å². The molecule has 42 heavy (non-hydrogen) atoms. The van der Waals surface area contributed by atoms with Crippen molar-refractivity contribution in [1.29, 1.82) is 0 Å². The number of benzene rings is 3. The standard InChI is InChI=1S/C32H38ClN3O4S2/c1-4-30(32(38)34-25-10-6-7-11-25)35(21-24-9-5-8-12-29(24)33)31(37)22-36(26-15-13-23(2)14-16-26)42(39,40)28-19-17-27(41-3)18-20-28/h5,8-9,12-20,25,30H,4,6-7,10-11,21-22H2,1-3H3,(H,34,38). The first kappa shape index (κ1) is 31.9. The maximum Gasteiger partial charge on any atom is 0.264 e. The molecule has 3 aromatic rings. The molecule has 1 unspecified atom stereocenters. The van der Waals surface area contributed by atoms with E-state index >= 15 is 0 Å². The van der Waals surface area contributed by atoms with Crippen LogP contribution in [-0.4, -0.2) is 50.0 Å². The Balaban J connectivity index is 1.71. The summed E-state index contributed by atoms with van der Waals surface area (Å²) >= 11 is 8.00. The fourth-order valence-electron chi connectivity index (χ4n) is 5.21. The van der Waals surface area contributed by atoms with Gasteiger partial charge in [0, 0.05) is 22.5 Å². The number of anilines is 1. The third-order valence-corrected chi connectivity index (χ3v) is 10.5. The van der Waals surface area contributed by atoms with Gasteiger partial charge < -0.3 is 10.2 Å². The largest absolute Gasteiger partial charge is 0.352 e. The monoisotopic (exact) mass is 627 g/mol. The first-order valence-corrected chi connectivity index (χ1v) is 17.2. The van der Waals surface area contributed by atoms with Crippen molar-refractivity contribution in [2.24, 2.45) is 0 Å². The summed E-state index contributed by atoms with van der Waals surface area (Å²) in [5.41, 5.74) is 2.00. The summed E-state index contributed by atoms with van der Waals surface area (Å²) in [4.78, 5) is 30.3. The molecule has 1 aliphatic rings. The molecule has 1 saturated carbocycles. The zero-order valence-corrected chi connectivity index (χ0v) is 26.6. The first-order valence-electron chi connectivity index (χ1n) is 14.2. The molecule has 2 amide bonds. The number of carbonyl (C=O) groups excluding carboxylic acids is 2. The summed E-state index contributed by atoms with van der Waals surface area (Å²) in [6.45, 7) is 3.36. The second-order valence-corrected chi connectivity index (χ2v) is 13.7. The van der Waals surface area contributed by atoms with Crippen molar-refractivity contribution in [1.82, 2.24) is 10.2 Å². The number of hydrogen-bond donors (Lipinski definition) is 1. The lowest BCUT2D eigenvalue weighted by Gasteiger charge is -2.34. The highest BCUT2D eigenvalue weighted by Crippen LogP contribution is 2.27. The molecule has 0 aromatic heterocycles. The molecule has 4 rings (SSSR count). The van der Waals surface area contributed by atoms with Gasteiger partial charge >= 0.3 is 0 Å². The van der Waals surface area contributed by atoms with Gasteiger partial charge in [-0.25, -0.2) is 8.42 Å². The van der Waals surface area contributed by atoms with Gasteiger partial charge in [-0.05, 0) is 80.5 Å². The first-order chi connectivity index (χ1) is 20.1. The second-order valence-electron chi connectivity index (χ2n) is 10.5. The highest BCUT2D eigenvalue weighted by atomic mass is 35.5. The van der Waals surface area contributed by atoms with Crippen molar-refractivity contribution in [3.05, 3.63) is 88.9 Å². The molecule has 0 radical (unpaired) electrons. The minimum absolute atomic E-state index is 0.0688. The summed E-state index contributed by atoms with van der Waals surface area (Å²) in [5, 5.41) is 3.59. The minimum Gasteiger partial charge on any atom is -0.352 e. The number of aryl methyl sites for hydroxylation is 1. The number of nitrogens with zero attached hydrogens (tertiary/aromatic N) is 2. The molecule has 7 nitrogen and oxygen atoms in total. The fourth-order valence-corrected chi connectivity index (χ4v) is 7.23. The van der Waals surface area contributed by atoms with Crippen LogP contribution in [-0.2, 0) is 26.2 Å². The Morgan fingerprint density at radius 2 is 1.64 bits per heavy atom.